The summed E-state index contributed by atoms with van der Waals surface area (Å²) in [5, 5.41) is 16.4. The molecule has 5 rings (SSSR count). The maximum absolute atomic E-state index is 9.43. The Hall–Kier alpha value is -3.25. The predicted molar refractivity (Wildman–Crippen MR) is 134 cm³/mol. The number of morpholine rings is 1. The molecule has 2 aliphatic rings. The number of aromatic nitrogens is 2. The fourth-order valence-electron chi connectivity index (χ4n) is 4.87. The van der Waals surface area contributed by atoms with Crippen molar-refractivity contribution in [3.05, 3.63) is 59.9 Å². The third kappa shape index (κ3) is 4.97. The molecular formula is C26H31N7O. The molecule has 2 N–H and O–H groups in total. The molecule has 0 saturated carbocycles. The molecule has 2 aliphatic heterocycles. The highest BCUT2D eigenvalue weighted by Crippen LogP contribution is 2.28. The number of piperazine rings is 1. The van der Waals surface area contributed by atoms with Crippen LogP contribution in [-0.2, 0) is 11.3 Å². The summed E-state index contributed by atoms with van der Waals surface area (Å²) in [6.07, 6.45) is 3.48. The van der Waals surface area contributed by atoms with Crippen molar-refractivity contribution in [2.75, 3.05) is 55.6 Å². The largest absolute Gasteiger partial charge is 0.370 e. The van der Waals surface area contributed by atoms with Gasteiger partial charge in [-0.3, -0.25) is 9.97 Å². The molecule has 0 amide bonds. The molecule has 0 aliphatic carbocycles. The van der Waals surface area contributed by atoms with Gasteiger partial charge < -0.3 is 25.2 Å². The van der Waals surface area contributed by atoms with E-state index >= 15 is 0 Å². The van der Waals surface area contributed by atoms with E-state index < -0.39 is 0 Å². The predicted octanol–water partition coefficient (Wildman–Crippen LogP) is 2.29. The second-order valence-corrected chi connectivity index (χ2v) is 9.01. The van der Waals surface area contributed by atoms with Gasteiger partial charge in [0.1, 0.15) is 17.1 Å². The number of nitrogens with one attached hydrogen (secondary N) is 2. The third-order valence-electron chi connectivity index (χ3n) is 6.51. The summed E-state index contributed by atoms with van der Waals surface area (Å²) in [6, 6.07) is 14.9. The summed E-state index contributed by atoms with van der Waals surface area (Å²) in [5.74, 6) is 0. The van der Waals surface area contributed by atoms with Gasteiger partial charge in [-0.1, -0.05) is 12.1 Å². The number of nitrogens with zero attached hydrogens (tertiary/aromatic N) is 5. The minimum absolute atomic E-state index is 0.0613. The average molecular weight is 458 g/mol. The number of rotatable bonds is 6. The summed E-state index contributed by atoms with van der Waals surface area (Å²) < 4.78 is 6.23. The molecule has 2 aromatic carbocycles. The zero-order valence-corrected chi connectivity index (χ0v) is 19.6. The molecular weight excluding hydrogens is 426 g/mol. The van der Waals surface area contributed by atoms with Gasteiger partial charge in [-0.05, 0) is 36.8 Å². The summed E-state index contributed by atoms with van der Waals surface area (Å²) in [7, 11) is 0. The van der Waals surface area contributed by atoms with Gasteiger partial charge in [0.2, 0.25) is 0 Å². The number of anilines is 2. The maximum Gasteiger partial charge on any atom is 0.113 e. The zero-order chi connectivity index (χ0) is 23.3. The number of hydrogen-bond acceptors (Lipinski definition) is 8. The number of nitriles is 1. The lowest BCUT2D eigenvalue weighted by molar-refractivity contribution is -0.0147. The van der Waals surface area contributed by atoms with Crippen molar-refractivity contribution in [2.45, 2.75) is 25.7 Å². The highest BCUT2D eigenvalue weighted by Gasteiger charge is 2.27. The quantitative estimate of drug-likeness (QED) is 0.583. The van der Waals surface area contributed by atoms with Crippen molar-refractivity contribution in [3.8, 4) is 6.07 Å². The number of fused-ring (bicyclic) bond motifs is 1. The van der Waals surface area contributed by atoms with Crippen LogP contribution in [-0.4, -0.2) is 68.0 Å². The van der Waals surface area contributed by atoms with E-state index in [1.165, 1.54) is 11.3 Å². The molecule has 176 valence electrons. The van der Waals surface area contributed by atoms with Gasteiger partial charge >= 0.3 is 0 Å². The van der Waals surface area contributed by atoms with E-state index in [-0.39, 0.29) is 12.2 Å². The Bertz CT molecular complexity index is 1150. The van der Waals surface area contributed by atoms with Crippen LogP contribution in [0.5, 0.6) is 0 Å². The highest BCUT2D eigenvalue weighted by atomic mass is 16.5. The molecule has 3 heterocycles. The Morgan fingerprint density at radius 1 is 1.03 bits per heavy atom. The van der Waals surface area contributed by atoms with E-state index in [1.54, 1.807) is 12.4 Å². The van der Waals surface area contributed by atoms with Gasteiger partial charge in [-0.15, -0.1) is 0 Å². The van der Waals surface area contributed by atoms with Crippen molar-refractivity contribution < 1.29 is 4.74 Å². The first-order chi connectivity index (χ1) is 16.7. The van der Waals surface area contributed by atoms with Crippen molar-refractivity contribution in [3.63, 3.8) is 0 Å². The molecule has 2 saturated heterocycles. The summed E-state index contributed by atoms with van der Waals surface area (Å²) in [4.78, 5) is 13.7. The molecule has 8 nitrogen and oxygen atoms in total. The number of hydrogen-bond donors (Lipinski definition) is 2. The second kappa shape index (κ2) is 10.3. The lowest BCUT2D eigenvalue weighted by Gasteiger charge is -2.38. The van der Waals surface area contributed by atoms with E-state index in [2.05, 4.69) is 67.7 Å². The zero-order valence-electron chi connectivity index (χ0n) is 19.6. The van der Waals surface area contributed by atoms with Crippen LogP contribution in [0, 0.1) is 11.3 Å². The summed E-state index contributed by atoms with van der Waals surface area (Å²) in [5.41, 5.74) is 5.55. The van der Waals surface area contributed by atoms with Crippen LogP contribution in [0.3, 0.4) is 0 Å². The van der Waals surface area contributed by atoms with Crippen molar-refractivity contribution >= 4 is 22.4 Å². The van der Waals surface area contributed by atoms with Crippen LogP contribution in [0.15, 0.2) is 48.8 Å². The minimum atomic E-state index is 0.0613. The number of benzene rings is 2. The molecule has 0 radical (unpaired) electrons. The van der Waals surface area contributed by atoms with Gasteiger partial charge in [0.05, 0.1) is 23.5 Å². The monoisotopic (exact) mass is 457 g/mol. The number of ether oxygens (including phenoxy) is 1. The van der Waals surface area contributed by atoms with Crippen molar-refractivity contribution in [1.82, 2.24) is 20.6 Å². The van der Waals surface area contributed by atoms with Gasteiger partial charge in [0.25, 0.3) is 0 Å². The van der Waals surface area contributed by atoms with Gasteiger partial charge in [0.15, 0.2) is 0 Å². The molecule has 0 unspecified atom stereocenters. The van der Waals surface area contributed by atoms with Crippen molar-refractivity contribution in [1.29, 1.82) is 5.26 Å². The SMILES string of the molecule is C[C@@H]1CN(c2ccc(C#N)c3nccnc23)C[C@H](CNCc2ccc(N3CCNCC3)cc2)O1. The van der Waals surface area contributed by atoms with Gasteiger partial charge in [-0.2, -0.15) is 5.26 Å². The Labute approximate surface area is 200 Å². The topological polar surface area (TPSA) is 89.3 Å². The second-order valence-electron chi connectivity index (χ2n) is 9.01. The summed E-state index contributed by atoms with van der Waals surface area (Å²) >= 11 is 0. The Kier molecular flexibility index (Phi) is 6.86. The van der Waals surface area contributed by atoms with E-state index in [0.29, 0.717) is 11.1 Å². The van der Waals surface area contributed by atoms with E-state index in [1.807, 2.05) is 12.1 Å². The van der Waals surface area contributed by atoms with Crippen LogP contribution in [0.25, 0.3) is 11.0 Å². The molecule has 34 heavy (non-hydrogen) atoms. The minimum Gasteiger partial charge on any atom is -0.370 e. The molecule has 2 atom stereocenters. The van der Waals surface area contributed by atoms with E-state index in [9.17, 15) is 5.26 Å². The van der Waals surface area contributed by atoms with Crippen molar-refractivity contribution in [2.24, 2.45) is 0 Å². The van der Waals surface area contributed by atoms with Crippen LogP contribution in [0.4, 0.5) is 11.4 Å². The average Bonchev–Trinajstić information content (AvgIpc) is 2.88. The Morgan fingerprint density at radius 2 is 1.79 bits per heavy atom. The first-order valence-electron chi connectivity index (χ1n) is 12.0. The van der Waals surface area contributed by atoms with Crippen LogP contribution in [0.2, 0.25) is 0 Å². The molecule has 1 aromatic heterocycles. The molecule has 8 heteroatoms. The normalized spacial score (nSPS) is 20.9. The van der Waals surface area contributed by atoms with Gasteiger partial charge in [0, 0.05) is 70.4 Å². The highest BCUT2D eigenvalue weighted by molar-refractivity contribution is 5.92. The fourth-order valence-corrected chi connectivity index (χ4v) is 4.87. The standard InChI is InChI=1S/C26H31N7O/c1-19-17-33(24-7-4-21(14-27)25-26(24)31-9-8-30-25)18-23(34-19)16-29-15-20-2-5-22(6-3-20)32-12-10-28-11-13-32/h2-9,19,23,28-29H,10-13,15-18H2,1H3/t19-,23+/m1/s1. The molecule has 2 fully saturated rings. The van der Waals surface area contributed by atoms with E-state index in [4.69, 9.17) is 4.74 Å². The lowest BCUT2D eigenvalue weighted by atomic mass is 10.1. The maximum atomic E-state index is 9.43. The Morgan fingerprint density at radius 3 is 2.56 bits per heavy atom. The van der Waals surface area contributed by atoms with Crippen LogP contribution < -0.4 is 20.4 Å². The van der Waals surface area contributed by atoms with E-state index in [0.717, 1.165) is 63.6 Å². The third-order valence-corrected chi connectivity index (χ3v) is 6.51. The van der Waals surface area contributed by atoms with Gasteiger partial charge in [-0.25, -0.2) is 0 Å². The first kappa shape index (κ1) is 22.5. The molecule has 0 spiro atoms. The summed E-state index contributed by atoms with van der Waals surface area (Å²) in [6.45, 7) is 9.43. The fraction of sp³-hybridized carbons (Fsp3) is 0.423. The van der Waals surface area contributed by atoms with Crippen LogP contribution in [0.1, 0.15) is 18.1 Å². The van der Waals surface area contributed by atoms with Crippen LogP contribution >= 0.6 is 0 Å². The first-order valence-corrected chi connectivity index (χ1v) is 12.0. The smallest absolute Gasteiger partial charge is 0.113 e. The Balaban J connectivity index is 1.21. The lowest BCUT2D eigenvalue weighted by Crippen LogP contribution is -2.50. The molecule has 3 aromatic rings. The molecule has 0 bridgehead atoms.